The van der Waals surface area contributed by atoms with E-state index < -0.39 is 0 Å². The Hall–Kier alpha value is -0.320. The molecule has 3 N–H and O–H groups in total. The second kappa shape index (κ2) is 6.03. The van der Waals surface area contributed by atoms with Gasteiger partial charge in [-0.15, -0.1) is 12.4 Å². The van der Waals surface area contributed by atoms with E-state index in [9.17, 15) is 4.79 Å². The lowest BCUT2D eigenvalue weighted by Gasteiger charge is -2.32. The molecule has 2 fully saturated rings. The van der Waals surface area contributed by atoms with Crippen LogP contribution in [-0.2, 0) is 9.53 Å². The van der Waals surface area contributed by atoms with Crippen molar-refractivity contribution in [3.63, 3.8) is 0 Å². The first-order chi connectivity index (χ1) is 7.65. The van der Waals surface area contributed by atoms with Crippen molar-refractivity contribution < 1.29 is 9.53 Å². The second-order valence-corrected chi connectivity index (χ2v) is 5.24. The zero-order valence-corrected chi connectivity index (χ0v) is 11.2. The summed E-state index contributed by atoms with van der Waals surface area (Å²) in [5.74, 6) is 0.588. The summed E-state index contributed by atoms with van der Waals surface area (Å²) in [5.41, 5.74) is 5.55. The average molecular weight is 263 g/mol. The van der Waals surface area contributed by atoms with Gasteiger partial charge in [-0.3, -0.25) is 4.79 Å². The quantitative estimate of drug-likeness (QED) is 0.801. The van der Waals surface area contributed by atoms with Crippen LogP contribution in [0.15, 0.2) is 0 Å². The van der Waals surface area contributed by atoms with Crippen LogP contribution in [-0.4, -0.2) is 30.7 Å². The lowest BCUT2D eigenvalue weighted by molar-refractivity contribution is -0.137. The predicted molar refractivity (Wildman–Crippen MR) is 69.2 cm³/mol. The number of rotatable bonds is 4. The smallest absolute Gasteiger partial charge is 0.249 e. The Morgan fingerprint density at radius 3 is 2.59 bits per heavy atom. The molecule has 17 heavy (non-hydrogen) atoms. The molecule has 2 atom stereocenters. The van der Waals surface area contributed by atoms with Gasteiger partial charge in [0.25, 0.3) is 0 Å². The number of carbonyl (C=O) groups is 1. The van der Waals surface area contributed by atoms with Crippen molar-refractivity contribution in [3.05, 3.63) is 0 Å². The van der Waals surface area contributed by atoms with Gasteiger partial charge in [-0.2, -0.15) is 0 Å². The Balaban J connectivity index is 0.00000144. The van der Waals surface area contributed by atoms with Crippen LogP contribution >= 0.6 is 12.4 Å². The second-order valence-electron chi connectivity index (χ2n) is 5.24. The first-order valence-corrected chi connectivity index (χ1v) is 6.29. The normalized spacial score (nSPS) is 27.8. The fraction of sp³-hybridized carbons (Fsp3) is 0.917. The Kier molecular flexibility index (Phi) is 5.22. The monoisotopic (exact) mass is 262 g/mol. The largest absolute Gasteiger partial charge is 0.368 e. The highest BCUT2D eigenvalue weighted by molar-refractivity contribution is 5.85. The van der Waals surface area contributed by atoms with Crippen LogP contribution in [0.5, 0.6) is 0 Å². The van der Waals surface area contributed by atoms with Crippen LogP contribution in [0.2, 0.25) is 0 Å². The maximum atomic E-state index is 12.0. The van der Waals surface area contributed by atoms with Crippen molar-refractivity contribution in [1.29, 1.82) is 0 Å². The molecular weight excluding hydrogens is 240 g/mol. The first-order valence-electron chi connectivity index (χ1n) is 6.29. The molecule has 5 heteroatoms. The van der Waals surface area contributed by atoms with E-state index >= 15 is 0 Å². The number of amides is 1. The van der Waals surface area contributed by atoms with Gasteiger partial charge in [0, 0.05) is 13.2 Å². The SMILES string of the molecule is CC(CN)(NC(=O)C1CCCCO1)C1CC1.Cl. The lowest BCUT2D eigenvalue weighted by Crippen LogP contribution is -2.56. The van der Waals surface area contributed by atoms with Gasteiger partial charge in [0.2, 0.25) is 5.91 Å². The summed E-state index contributed by atoms with van der Waals surface area (Å²) in [7, 11) is 0. The van der Waals surface area contributed by atoms with E-state index in [-0.39, 0.29) is 30.0 Å². The zero-order chi connectivity index (χ0) is 11.6. The molecule has 4 nitrogen and oxygen atoms in total. The molecule has 2 aliphatic rings. The minimum Gasteiger partial charge on any atom is -0.368 e. The van der Waals surface area contributed by atoms with Crippen molar-refractivity contribution in [3.8, 4) is 0 Å². The molecule has 0 aromatic carbocycles. The van der Waals surface area contributed by atoms with E-state index in [4.69, 9.17) is 10.5 Å². The molecule has 2 rings (SSSR count). The van der Waals surface area contributed by atoms with Crippen LogP contribution in [0.25, 0.3) is 0 Å². The third-order valence-electron chi connectivity index (χ3n) is 3.78. The predicted octanol–water partition coefficient (Wildman–Crippen LogP) is 1.22. The molecule has 0 spiro atoms. The number of hydrogen-bond donors (Lipinski definition) is 2. The topological polar surface area (TPSA) is 64.3 Å². The highest BCUT2D eigenvalue weighted by Gasteiger charge is 2.42. The number of ether oxygens (including phenoxy) is 1. The highest BCUT2D eigenvalue weighted by Crippen LogP contribution is 2.39. The third-order valence-corrected chi connectivity index (χ3v) is 3.78. The maximum absolute atomic E-state index is 12.0. The molecule has 1 aliphatic heterocycles. The van der Waals surface area contributed by atoms with E-state index in [1.54, 1.807) is 0 Å². The van der Waals surface area contributed by atoms with Gasteiger partial charge in [0.15, 0.2) is 0 Å². The van der Waals surface area contributed by atoms with Gasteiger partial charge in [-0.05, 0) is 44.9 Å². The number of halogens is 1. The van der Waals surface area contributed by atoms with E-state index in [0.29, 0.717) is 19.1 Å². The minimum absolute atomic E-state index is 0. The Morgan fingerprint density at radius 2 is 2.12 bits per heavy atom. The molecule has 1 amide bonds. The highest BCUT2D eigenvalue weighted by atomic mass is 35.5. The Labute approximate surface area is 109 Å². The van der Waals surface area contributed by atoms with Crippen molar-refractivity contribution in [2.24, 2.45) is 11.7 Å². The number of nitrogens with one attached hydrogen (secondary N) is 1. The third kappa shape index (κ3) is 3.57. The summed E-state index contributed by atoms with van der Waals surface area (Å²) >= 11 is 0. The van der Waals surface area contributed by atoms with Gasteiger partial charge in [0.1, 0.15) is 6.10 Å². The van der Waals surface area contributed by atoms with E-state index in [1.807, 2.05) is 6.92 Å². The molecule has 0 aromatic rings. The standard InChI is InChI=1S/C12H22N2O2.ClH/c1-12(8-13,9-5-6-9)14-11(15)10-4-2-3-7-16-10;/h9-10H,2-8,13H2,1H3,(H,14,15);1H. The molecule has 0 bridgehead atoms. The lowest BCUT2D eigenvalue weighted by atomic mass is 9.95. The van der Waals surface area contributed by atoms with Crippen LogP contribution in [0.1, 0.15) is 39.0 Å². The number of carbonyl (C=O) groups excluding carboxylic acids is 1. The fourth-order valence-electron chi connectivity index (χ4n) is 2.35. The molecule has 1 heterocycles. The summed E-state index contributed by atoms with van der Waals surface area (Å²) in [4.78, 5) is 12.0. The molecule has 0 radical (unpaired) electrons. The van der Waals surface area contributed by atoms with Crippen LogP contribution < -0.4 is 11.1 Å². The fourth-order valence-corrected chi connectivity index (χ4v) is 2.35. The summed E-state index contributed by atoms with van der Waals surface area (Å²) in [5, 5.41) is 3.09. The molecule has 0 aromatic heterocycles. The first kappa shape index (κ1) is 14.7. The van der Waals surface area contributed by atoms with E-state index in [0.717, 1.165) is 19.3 Å². The molecule has 1 saturated heterocycles. The maximum Gasteiger partial charge on any atom is 0.249 e. The molecule has 2 unspecified atom stereocenters. The molecular formula is C12H23ClN2O2. The summed E-state index contributed by atoms with van der Waals surface area (Å²) in [6.45, 7) is 3.27. The Bertz CT molecular complexity index is 265. The van der Waals surface area contributed by atoms with E-state index in [1.165, 1.54) is 12.8 Å². The minimum atomic E-state index is -0.252. The zero-order valence-electron chi connectivity index (χ0n) is 10.4. The van der Waals surface area contributed by atoms with Crippen LogP contribution in [0.4, 0.5) is 0 Å². The van der Waals surface area contributed by atoms with Crippen LogP contribution in [0.3, 0.4) is 0 Å². The summed E-state index contributed by atoms with van der Waals surface area (Å²) < 4.78 is 5.48. The van der Waals surface area contributed by atoms with Gasteiger partial charge in [0.05, 0.1) is 5.54 Å². The van der Waals surface area contributed by atoms with Crippen molar-refractivity contribution in [2.75, 3.05) is 13.2 Å². The molecule has 100 valence electrons. The Morgan fingerprint density at radius 1 is 1.41 bits per heavy atom. The summed E-state index contributed by atoms with van der Waals surface area (Å²) in [6.07, 6.45) is 5.11. The number of nitrogens with two attached hydrogens (primary N) is 1. The number of hydrogen-bond acceptors (Lipinski definition) is 3. The molecule has 1 aliphatic carbocycles. The van der Waals surface area contributed by atoms with E-state index in [2.05, 4.69) is 5.32 Å². The van der Waals surface area contributed by atoms with Gasteiger partial charge >= 0.3 is 0 Å². The van der Waals surface area contributed by atoms with Crippen molar-refractivity contribution in [2.45, 2.75) is 50.7 Å². The van der Waals surface area contributed by atoms with Crippen molar-refractivity contribution >= 4 is 18.3 Å². The summed E-state index contributed by atoms with van der Waals surface area (Å²) in [6, 6.07) is 0. The van der Waals surface area contributed by atoms with Crippen LogP contribution in [0, 0.1) is 5.92 Å². The van der Waals surface area contributed by atoms with Gasteiger partial charge < -0.3 is 15.8 Å². The average Bonchev–Trinajstić information content (AvgIpc) is 3.14. The van der Waals surface area contributed by atoms with Crippen molar-refractivity contribution in [1.82, 2.24) is 5.32 Å². The van der Waals surface area contributed by atoms with Gasteiger partial charge in [-0.25, -0.2) is 0 Å². The van der Waals surface area contributed by atoms with Gasteiger partial charge in [-0.1, -0.05) is 0 Å². The molecule has 1 saturated carbocycles.